The molecule has 0 fully saturated rings. The van der Waals surface area contributed by atoms with E-state index in [9.17, 15) is 27.6 Å². The van der Waals surface area contributed by atoms with Crippen molar-refractivity contribution in [3.8, 4) is 11.4 Å². The molecular weight excluding hydrogens is 586 g/mol. The monoisotopic (exact) mass is 606 g/mol. The summed E-state index contributed by atoms with van der Waals surface area (Å²) in [6.07, 6.45) is 0.123. The van der Waals surface area contributed by atoms with Gasteiger partial charge in [0.05, 0.1) is 21.2 Å². The van der Waals surface area contributed by atoms with Crippen molar-refractivity contribution in [2.45, 2.75) is 24.0 Å². The third-order valence-electron chi connectivity index (χ3n) is 6.44. The zero-order chi connectivity index (χ0) is 28.6. The third kappa shape index (κ3) is 5.11. The second kappa shape index (κ2) is 11.1. The highest BCUT2D eigenvalue weighted by Gasteiger charge is 2.43. The smallest absolute Gasteiger partial charge is 0.276 e. The number of ether oxygens (including phenoxy) is 1. The van der Waals surface area contributed by atoms with Crippen molar-refractivity contribution in [3.05, 3.63) is 110 Å². The van der Waals surface area contributed by atoms with Crippen LogP contribution in [0.1, 0.15) is 22.9 Å². The van der Waals surface area contributed by atoms with Crippen LogP contribution in [-0.4, -0.2) is 40.2 Å². The number of nitrogens with one attached hydrogen (secondary N) is 2. The predicted octanol–water partition coefficient (Wildman–Crippen LogP) is 3.98. The van der Waals surface area contributed by atoms with E-state index in [-0.39, 0.29) is 45.8 Å². The van der Waals surface area contributed by atoms with Crippen molar-refractivity contribution < 1.29 is 27.5 Å². The number of fused-ring (bicyclic) bond motifs is 1. The fourth-order valence-corrected chi connectivity index (χ4v) is 6.48. The number of amides is 1. The summed E-state index contributed by atoms with van der Waals surface area (Å²) in [6, 6.07) is 14.7. The van der Waals surface area contributed by atoms with Gasteiger partial charge in [0, 0.05) is 29.2 Å². The highest BCUT2D eigenvalue weighted by atomic mass is 35.5. The van der Waals surface area contributed by atoms with Gasteiger partial charge in [0.15, 0.2) is 0 Å². The van der Waals surface area contributed by atoms with Crippen molar-refractivity contribution in [1.82, 2.24) is 19.6 Å². The number of sulfonamides is 1. The molecule has 3 aromatic carbocycles. The number of H-pyrrole nitrogens is 1. The Bertz CT molecular complexity index is 1740. The molecule has 1 atom stereocenters. The summed E-state index contributed by atoms with van der Waals surface area (Å²) in [5, 5.41) is 12.5. The Balaban J connectivity index is 1.43. The maximum atomic E-state index is 13.8. The Morgan fingerprint density at radius 3 is 2.48 bits per heavy atom. The van der Waals surface area contributed by atoms with E-state index in [1.165, 1.54) is 40.5 Å². The number of halogens is 3. The molecule has 0 aliphatic carbocycles. The van der Waals surface area contributed by atoms with Crippen LogP contribution in [0.15, 0.2) is 76.4 Å². The average Bonchev–Trinajstić information content (AvgIpc) is 3.30. The van der Waals surface area contributed by atoms with Crippen LogP contribution in [0.4, 0.5) is 4.39 Å². The van der Waals surface area contributed by atoms with Crippen LogP contribution in [0.3, 0.4) is 0 Å². The normalized spacial score (nSPS) is 15.4. The lowest BCUT2D eigenvalue weighted by molar-refractivity contribution is -0.133. The molecule has 0 saturated heterocycles. The molecular formula is C26H21Cl2FN4O6S. The maximum Gasteiger partial charge on any atom is 0.276 e. The summed E-state index contributed by atoms with van der Waals surface area (Å²) in [5.74, 6) is -1.46. The largest absolute Gasteiger partial charge is 0.489 e. The number of nitrogens with zero attached hydrogens (tertiary/aromatic N) is 2. The van der Waals surface area contributed by atoms with Gasteiger partial charge in [-0.15, -0.1) is 0 Å². The number of rotatable bonds is 7. The Morgan fingerprint density at radius 1 is 1.10 bits per heavy atom. The molecule has 3 N–H and O–H groups in total. The van der Waals surface area contributed by atoms with Crippen LogP contribution < -0.4 is 15.8 Å². The Hall–Kier alpha value is -3.68. The molecule has 1 amide bonds. The Labute approximate surface area is 237 Å². The molecule has 0 saturated carbocycles. The summed E-state index contributed by atoms with van der Waals surface area (Å²) in [7, 11) is -4.32. The molecule has 40 heavy (non-hydrogen) atoms. The van der Waals surface area contributed by atoms with E-state index in [2.05, 4.69) is 5.10 Å². The fourth-order valence-electron chi connectivity index (χ4n) is 4.48. The molecule has 4 aromatic rings. The van der Waals surface area contributed by atoms with Crippen LogP contribution in [0.25, 0.3) is 5.69 Å². The standard InChI is InChI=1S/C26H21Cl2FN4O6S/c27-19-13-20(28)21(29)12-15(19)14-39-17-6-8-18(9-7-17)40(37,38)32-11-10-22-23(24(32)25(34)31-36)26(35)33(30-22)16-4-2-1-3-5-16/h1-9,12-13,24,30,36H,10-11,14H2,(H,31,34). The number of hydrogen-bond acceptors (Lipinski definition) is 6. The Kier molecular flexibility index (Phi) is 7.71. The molecule has 1 aliphatic heterocycles. The van der Waals surface area contributed by atoms with E-state index in [1.54, 1.807) is 30.3 Å². The van der Waals surface area contributed by atoms with Crippen LogP contribution in [0, 0.1) is 5.82 Å². The molecule has 0 radical (unpaired) electrons. The van der Waals surface area contributed by atoms with Crippen LogP contribution >= 0.6 is 23.2 Å². The second-order valence-corrected chi connectivity index (χ2v) is 11.5. The van der Waals surface area contributed by atoms with Gasteiger partial charge in [0.2, 0.25) is 10.0 Å². The predicted molar refractivity (Wildman–Crippen MR) is 144 cm³/mol. The van der Waals surface area contributed by atoms with Gasteiger partial charge in [0.1, 0.15) is 24.2 Å². The number of hydroxylamine groups is 1. The quantitative estimate of drug-likeness (QED) is 0.165. The Morgan fingerprint density at radius 2 is 1.80 bits per heavy atom. The van der Waals surface area contributed by atoms with Gasteiger partial charge >= 0.3 is 0 Å². The zero-order valence-electron chi connectivity index (χ0n) is 20.5. The average molecular weight is 607 g/mol. The molecule has 10 nitrogen and oxygen atoms in total. The summed E-state index contributed by atoms with van der Waals surface area (Å²) in [5.41, 5.74) is 2.01. The summed E-state index contributed by atoms with van der Waals surface area (Å²) >= 11 is 11.8. The summed E-state index contributed by atoms with van der Waals surface area (Å²) in [4.78, 5) is 25.9. The summed E-state index contributed by atoms with van der Waals surface area (Å²) in [6.45, 7) is -0.241. The first-order chi connectivity index (χ1) is 19.1. The number of aromatic amines is 1. The van der Waals surface area contributed by atoms with Gasteiger partial charge in [-0.25, -0.2) is 23.0 Å². The van der Waals surface area contributed by atoms with Crippen molar-refractivity contribution in [2.24, 2.45) is 0 Å². The lowest BCUT2D eigenvalue weighted by Gasteiger charge is -2.32. The minimum absolute atomic E-state index is 0.0859. The van der Waals surface area contributed by atoms with E-state index in [4.69, 9.17) is 27.9 Å². The van der Waals surface area contributed by atoms with E-state index < -0.39 is 33.3 Å². The fraction of sp³-hybridized carbons (Fsp3) is 0.154. The molecule has 208 valence electrons. The molecule has 2 heterocycles. The second-order valence-electron chi connectivity index (χ2n) is 8.84. The van der Waals surface area contributed by atoms with Gasteiger partial charge in [-0.1, -0.05) is 41.4 Å². The highest BCUT2D eigenvalue weighted by molar-refractivity contribution is 7.89. The van der Waals surface area contributed by atoms with Crippen molar-refractivity contribution in [1.29, 1.82) is 0 Å². The molecule has 1 unspecified atom stereocenters. The first-order valence-corrected chi connectivity index (χ1v) is 14.0. The third-order valence-corrected chi connectivity index (χ3v) is 8.96. The van der Waals surface area contributed by atoms with Gasteiger partial charge in [-0.3, -0.25) is 19.9 Å². The van der Waals surface area contributed by atoms with E-state index in [0.29, 0.717) is 16.9 Å². The minimum atomic E-state index is -4.32. The molecule has 14 heteroatoms. The summed E-state index contributed by atoms with van der Waals surface area (Å²) < 4.78 is 48.8. The zero-order valence-corrected chi connectivity index (χ0v) is 22.8. The van der Waals surface area contributed by atoms with Crippen molar-refractivity contribution in [3.63, 3.8) is 0 Å². The molecule has 1 aliphatic rings. The highest BCUT2D eigenvalue weighted by Crippen LogP contribution is 2.33. The van der Waals surface area contributed by atoms with Crippen LogP contribution in [0.5, 0.6) is 5.75 Å². The molecule has 1 aromatic heterocycles. The van der Waals surface area contributed by atoms with E-state index in [1.807, 2.05) is 0 Å². The SMILES string of the molecule is O=C(NO)C1c2c([nH]n(-c3ccccc3)c2=O)CCN1S(=O)(=O)c1ccc(OCc2cc(F)c(Cl)cc2Cl)cc1. The number of carbonyl (C=O) groups excluding carboxylic acids is 1. The number of carbonyl (C=O) groups is 1. The van der Waals surface area contributed by atoms with Crippen LogP contribution in [0.2, 0.25) is 10.0 Å². The number of benzene rings is 3. The van der Waals surface area contributed by atoms with Gasteiger partial charge in [0.25, 0.3) is 11.5 Å². The van der Waals surface area contributed by atoms with Crippen molar-refractivity contribution >= 4 is 39.1 Å². The van der Waals surface area contributed by atoms with E-state index >= 15 is 0 Å². The first-order valence-electron chi connectivity index (χ1n) is 11.8. The lowest BCUT2D eigenvalue weighted by atomic mass is 10.0. The van der Waals surface area contributed by atoms with Crippen molar-refractivity contribution in [2.75, 3.05) is 6.54 Å². The van der Waals surface area contributed by atoms with Gasteiger partial charge < -0.3 is 4.74 Å². The number of para-hydroxylation sites is 1. The molecule has 0 spiro atoms. The molecule has 0 bridgehead atoms. The van der Waals surface area contributed by atoms with E-state index in [0.717, 1.165) is 10.4 Å². The molecule has 5 rings (SSSR count). The topological polar surface area (TPSA) is 134 Å². The minimum Gasteiger partial charge on any atom is -0.489 e. The first kappa shape index (κ1) is 27.9. The maximum absolute atomic E-state index is 13.8. The number of hydrogen-bond donors (Lipinski definition) is 3. The van der Waals surface area contributed by atoms with Gasteiger partial charge in [-0.05, 0) is 48.5 Å². The number of aromatic nitrogens is 2. The lowest BCUT2D eigenvalue weighted by Crippen LogP contribution is -2.48. The van der Waals surface area contributed by atoms with Crippen LogP contribution in [-0.2, 0) is 27.8 Å². The van der Waals surface area contributed by atoms with Gasteiger partial charge in [-0.2, -0.15) is 4.31 Å².